The molecule has 1 aliphatic heterocycles. The Bertz CT molecular complexity index is 1270. The first-order valence-electron chi connectivity index (χ1n) is 9.65. The van der Waals surface area contributed by atoms with E-state index in [4.69, 9.17) is 0 Å². The molecule has 0 saturated carbocycles. The lowest BCUT2D eigenvalue weighted by Crippen LogP contribution is -2.33. The van der Waals surface area contributed by atoms with Crippen molar-refractivity contribution in [2.24, 2.45) is 7.05 Å². The smallest absolute Gasteiger partial charge is 0.319 e. The second kappa shape index (κ2) is 7.35. The van der Waals surface area contributed by atoms with Gasteiger partial charge in [0, 0.05) is 36.6 Å². The molecule has 4 aromatic rings. The topological polar surface area (TPSA) is 76.8 Å². The monoisotopic (exact) mass is 420 g/mol. The van der Waals surface area contributed by atoms with E-state index >= 15 is 0 Å². The van der Waals surface area contributed by atoms with Gasteiger partial charge in [0.15, 0.2) is 0 Å². The van der Waals surface area contributed by atoms with Gasteiger partial charge in [-0.15, -0.1) is 0 Å². The van der Waals surface area contributed by atoms with E-state index in [0.717, 1.165) is 29.0 Å². The van der Waals surface area contributed by atoms with Gasteiger partial charge < -0.3 is 15.2 Å². The first kappa shape index (κ1) is 19.0. The van der Waals surface area contributed by atoms with Crippen LogP contribution in [0.15, 0.2) is 61.3 Å². The summed E-state index contributed by atoms with van der Waals surface area (Å²) in [5, 5.41) is 9.21. The van der Waals surface area contributed by atoms with Crippen LogP contribution in [0.1, 0.15) is 11.6 Å². The molecular weight excluding hydrogens is 402 g/mol. The van der Waals surface area contributed by atoms with Crippen molar-refractivity contribution in [1.29, 1.82) is 0 Å². The van der Waals surface area contributed by atoms with Gasteiger partial charge in [-0.2, -0.15) is 5.10 Å². The molecule has 0 aliphatic carbocycles. The van der Waals surface area contributed by atoms with Gasteiger partial charge in [-0.3, -0.25) is 4.68 Å². The highest BCUT2D eigenvalue weighted by atomic mass is 19.1. The third kappa shape index (κ3) is 3.33. The second-order valence-electron chi connectivity index (χ2n) is 7.34. The van der Waals surface area contributed by atoms with Crippen LogP contribution >= 0.6 is 0 Å². The molecule has 0 spiro atoms. The van der Waals surface area contributed by atoms with Crippen LogP contribution in [-0.4, -0.2) is 31.9 Å². The normalized spacial score (nSPS) is 14.2. The molecule has 156 valence electrons. The number of rotatable bonds is 4. The number of imidazole rings is 1. The average Bonchev–Trinajstić information content (AvgIpc) is 3.43. The Morgan fingerprint density at radius 1 is 1.16 bits per heavy atom. The predicted octanol–water partition coefficient (Wildman–Crippen LogP) is 3.95. The van der Waals surface area contributed by atoms with Gasteiger partial charge in [-0.25, -0.2) is 18.6 Å². The lowest BCUT2D eigenvalue weighted by molar-refractivity contribution is 0.251. The molecule has 2 N–H and O–H groups in total. The van der Waals surface area contributed by atoms with Crippen LogP contribution in [0.4, 0.5) is 19.3 Å². The van der Waals surface area contributed by atoms with Crippen molar-refractivity contribution >= 4 is 11.7 Å². The highest BCUT2D eigenvalue weighted by molar-refractivity contribution is 5.89. The van der Waals surface area contributed by atoms with Gasteiger partial charge >= 0.3 is 6.03 Å². The molecule has 0 fully saturated rings. The summed E-state index contributed by atoms with van der Waals surface area (Å²) in [7, 11) is 1.66. The highest BCUT2D eigenvalue weighted by Gasteiger charge is 2.28. The van der Waals surface area contributed by atoms with E-state index in [9.17, 15) is 13.6 Å². The number of carbonyl (C=O) groups is 1. The summed E-state index contributed by atoms with van der Waals surface area (Å²) in [5.74, 6) is -1.56. The Morgan fingerprint density at radius 2 is 1.94 bits per heavy atom. The highest BCUT2D eigenvalue weighted by Crippen LogP contribution is 2.38. The van der Waals surface area contributed by atoms with Crippen LogP contribution in [0.25, 0.3) is 22.4 Å². The lowest BCUT2D eigenvalue weighted by atomic mass is 10.0. The van der Waals surface area contributed by atoms with Crippen molar-refractivity contribution in [2.75, 3.05) is 11.9 Å². The fourth-order valence-electron chi connectivity index (χ4n) is 3.98. The van der Waals surface area contributed by atoms with Crippen molar-refractivity contribution in [1.82, 2.24) is 24.6 Å². The Kier molecular flexibility index (Phi) is 4.50. The summed E-state index contributed by atoms with van der Waals surface area (Å²) in [6.07, 6.45) is 6.41. The van der Waals surface area contributed by atoms with Crippen LogP contribution < -0.4 is 10.6 Å². The molecular formula is C22H18F2N6O. The van der Waals surface area contributed by atoms with E-state index in [1.54, 1.807) is 19.6 Å². The van der Waals surface area contributed by atoms with Gasteiger partial charge in [-0.1, -0.05) is 24.3 Å². The van der Waals surface area contributed by atoms with Crippen molar-refractivity contribution in [3.05, 3.63) is 78.5 Å². The standard InChI is InChI=1S/C22H18F2N6O/c1-29-11-13(8-27-29)21-17(23)6-14(7-18(21)24)28-22(31)26-10-20-16-5-3-2-4-15(16)19-9-25-12-30(19)20/h2-9,11-12,20H,10H2,1H3,(H2,26,28,31). The molecule has 0 saturated heterocycles. The van der Waals surface area contributed by atoms with Crippen LogP contribution in [0.2, 0.25) is 0 Å². The largest absolute Gasteiger partial charge is 0.335 e. The number of hydrogen-bond donors (Lipinski definition) is 2. The molecule has 2 aromatic carbocycles. The Morgan fingerprint density at radius 3 is 2.68 bits per heavy atom. The van der Waals surface area contributed by atoms with Crippen molar-refractivity contribution < 1.29 is 13.6 Å². The van der Waals surface area contributed by atoms with Crippen molar-refractivity contribution in [3.8, 4) is 22.4 Å². The third-order valence-corrected chi connectivity index (χ3v) is 5.35. The summed E-state index contributed by atoms with van der Waals surface area (Å²) in [4.78, 5) is 16.6. The molecule has 7 nitrogen and oxygen atoms in total. The molecule has 0 radical (unpaired) electrons. The van der Waals surface area contributed by atoms with Gasteiger partial charge in [0.2, 0.25) is 0 Å². The minimum atomic E-state index is -0.781. The van der Waals surface area contributed by atoms with Crippen LogP contribution in [0.5, 0.6) is 0 Å². The van der Waals surface area contributed by atoms with Crippen LogP contribution in [-0.2, 0) is 7.05 Å². The summed E-state index contributed by atoms with van der Waals surface area (Å²) in [5.41, 5.74) is 3.30. The van der Waals surface area contributed by atoms with Crippen LogP contribution in [0, 0.1) is 11.6 Å². The molecule has 1 aliphatic rings. The second-order valence-corrected chi connectivity index (χ2v) is 7.34. The predicted molar refractivity (Wildman–Crippen MR) is 111 cm³/mol. The summed E-state index contributed by atoms with van der Waals surface area (Å²) in [6.45, 7) is 0.297. The van der Waals surface area contributed by atoms with E-state index < -0.39 is 17.7 Å². The average molecular weight is 420 g/mol. The molecule has 1 atom stereocenters. The van der Waals surface area contributed by atoms with Gasteiger partial charge in [-0.05, 0) is 17.7 Å². The number of nitrogens with zero attached hydrogens (tertiary/aromatic N) is 4. The zero-order valence-corrected chi connectivity index (χ0v) is 16.5. The zero-order chi connectivity index (χ0) is 21.5. The molecule has 0 bridgehead atoms. The van der Waals surface area contributed by atoms with Crippen molar-refractivity contribution in [3.63, 3.8) is 0 Å². The minimum Gasteiger partial charge on any atom is -0.335 e. The molecule has 2 amide bonds. The van der Waals surface area contributed by atoms with E-state index in [2.05, 4.69) is 20.7 Å². The Labute approximate surface area is 176 Å². The SMILES string of the molecule is Cn1cc(-c2c(F)cc(NC(=O)NCC3c4ccccc4-c4cncn43)cc2F)cn1. The number of anilines is 1. The molecule has 5 rings (SSSR count). The number of carbonyl (C=O) groups excluding carboxylic acids is 1. The van der Waals surface area contributed by atoms with Crippen molar-refractivity contribution in [2.45, 2.75) is 6.04 Å². The number of aryl methyl sites for hydroxylation is 1. The number of amides is 2. The number of aromatic nitrogens is 4. The maximum Gasteiger partial charge on any atom is 0.319 e. The van der Waals surface area contributed by atoms with Gasteiger partial charge in [0.1, 0.15) is 11.6 Å². The van der Waals surface area contributed by atoms with E-state index in [-0.39, 0.29) is 17.3 Å². The summed E-state index contributed by atoms with van der Waals surface area (Å²) < 4.78 is 32.5. The molecule has 31 heavy (non-hydrogen) atoms. The molecule has 1 unspecified atom stereocenters. The van der Waals surface area contributed by atoms with Gasteiger partial charge in [0.25, 0.3) is 0 Å². The van der Waals surface area contributed by atoms with Gasteiger partial charge in [0.05, 0.1) is 36.0 Å². The fraction of sp³-hybridized carbons (Fsp3) is 0.136. The molecule has 9 heteroatoms. The first-order chi connectivity index (χ1) is 15.0. The zero-order valence-electron chi connectivity index (χ0n) is 16.5. The minimum absolute atomic E-state index is 0.0234. The maximum absolute atomic E-state index is 14.5. The molecule has 2 aromatic heterocycles. The first-order valence-corrected chi connectivity index (χ1v) is 9.65. The maximum atomic E-state index is 14.5. The quantitative estimate of drug-likeness (QED) is 0.525. The Balaban J connectivity index is 1.30. The number of nitrogens with one attached hydrogen (secondary N) is 2. The van der Waals surface area contributed by atoms with E-state index in [1.807, 2.05) is 28.8 Å². The summed E-state index contributed by atoms with van der Waals surface area (Å²) in [6, 6.07) is 9.43. The van der Waals surface area contributed by atoms with E-state index in [1.165, 1.54) is 17.1 Å². The summed E-state index contributed by atoms with van der Waals surface area (Å²) >= 11 is 0. The number of halogens is 2. The Hall–Kier alpha value is -4.01. The van der Waals surface area contributed by atoms with E-state index in [0.29, 0.717) is 12.1 Å². The number of fused-ring (bicyclic) bond motifs is 3. The number of hydrogen-bond acceptors (Lipinski definition) is 3. The molecule has 3 heterocycles. The van der Waals surface area contributed by atoms with Crippen LogP contribution in [0.3, 0.4) is 0 Å². The fourth-order valence-corrected chi connectivity index (χ4v) is 3.98. The lowest BCUT2D eigenvalue weighted by Gasteiger charge is -2.16. The number of urea groups is 1. The number of benzene rings is 2. The third-order valence-electron chi connectivity index (χ3n) is 5.35.